The van der Waals surface area contributed by atoms with E-state index in [2.05, 4.69) is 60.0 Å². The number of anilines is 1. The summed E-state index contributed by atoms with van der Waals surface area (Å²) in [6.45, 7) is 11.1. The predicted molar refractivity (Wildman–Crippen MR) is 235 cm³/mol. The van der Waals surface area contributed by atoms with Crippen LogP contribution in [-0.4, -0.2) is 33.7 Å². The van der Waals surface area contributed by atoms with Crippen LogP contribution in [0.1, 0.15) is 108 Å². The molecule has 2 atom stereocenters. The summed E-state index contributed by atoms with van der Waals surface area (Å²) in [5, 5.41) is 2.30. The van der Waals surface area contributed by atoms with Crippen LogP contribution in [-0.2, 0) is 26.6 Å². The van der Waals surface area contributed by atoms with Crippen LogP contribution in [0.15, 0.2) is 108 Å². The lowest BCUT2D eigenvalue weighted by Crippen LogP contribution is -2.35. The third-order valence-electron chi connectivity index (χ3n) is 12.6. The molecule has 0 saturated carbocycles. The fourth-order valence-electron chi connectivity index (χ4n) is 9.90. The summed E-state index contributed by atoms with van der Waals surface area (Å²) >= 11 is 0. The lowest BCUT2D eigenvalue weighted by Gasteiger charge is -2.42. The Morgan fingerprint density at radius 2 is 1.31 bits per heavy atom. The van der Waals surface area contributed by atoms with Crippen molar-refractivity contribution in [3.8, 4) is 45.6 Å². The molecule has 10 rings (SSSR count). The minimum Gasteiger partial charge on any atom is -0.456 e. The van der Waals surface area contributed by atoms with Crippen molar-refractivity contribution < 1.29 is 32.9 Å². The van der Waals surface area contributed by atoms with Gasteiger partial charge < -0.3 is 4.74 Å². The number of carbonyl (C=O) groups is 5. The van der Waals surface area contributed by atoms with Crippen molar-refractivity contribution in [1.82, 2.24) is 10.0 Å². The number of nitrogens with zero attached hydrogens (tertiary/aromatic N) is 1. The molecule has 2 unspecified atom stereocenters. The number of ether oxygens (including phenoxy) is 1. The highest BCUT2D eigenvalue weighted by atomic mass is 32.2. The molecule has 11 heteroatoms. The number of imide groups is 2. The van der Waals surface area contributed by atoms with Gasteiger partial charge in [-0.3, -0.25) is 34.0 Å². The van der Waals surface area contributed by atoms with Crippen molar-refractivity contribution in [1.29, 1.82) is 0 Å². The first-order valence-electron chi connectivity index (χ1n) is 20.0. The van der Waals surface area contributed by atoms with Crippen LogP contribution >= 0.6 is 0 Å². The van der Waals surface area contributed by atoms with E-state index in [0.29, 0.717) is 38.8 Å². The van der Waals surface area contributed by atoms with Gasteiger partial charge >= 0.3 is 0 Å². The van der Waals surface area contributed by atoms with E-state index in [1.54, 1.807) is 48.5 Å². The standard InChI is InChI=1S/C51H37N3O7S/c1-7-22-50(5,6)38-18-19-40-44(26(38)2)61-45-27(3)43(54-48(58)35-16-13-30(24-37(35)49(54)59)29-12-15-34-36(23-29)47(57)52-46(34)56)21-20-41(45)51(40)39-11-9-8-10-32(39)33-17-14-31(25-42(33)51)62(60)53-28(4)55/h8-21,23-25H,1-6H3,(H,53,55)(H,52,56,57). The number of benzene rings is 6. The van der Waals surface area contributed by atoms with Crippen LogP contribution < -0.4 is 19.7 Å². The molecule has 0 radical (unpaired) electrons. The number of fused-ring (bicyclic) bond motifs is 11. The van der Waals surface area contributed by atoms with Gasteiger partial charge in [-0.15, -0.1) is 5.92 Å². The zero-order valence-corrected chi connectivity index (χ0v) is 35.3. The minimum atomic E-state index is -1.84. The molecule has 2 N–H and O–H groups in total. The fraction of sp³-hybridized carbons (Fsp3) is 0.157. The molecule has 5 amide bonds. The Balaban J connectivity index is 1.17. The first-order valence-corrected chi connectivity index (χ1v) is 21.2. The molecule has 3 aliphatic heterocycles. The summed E-state index contributed by atoms with van der Waals surface area (Å²) in [6.07, 6.45) is 0. The van der Waals surface area contributed by atoms with E-state index in [1.807, 2.05) is 51.1 Å². The highest BCUT2D eigenvalue weighted by Gasteiger charge is 2.53. The van der Waals surface area contributed by atoms with Crippen LogP contribution in [0.25, 0.3) is 22.3 Å². The van der Waals surface area contributed by atoms with Crippen LogP contribution in [0.3, 0.4) is 0 Å². The highest BCUT2D eigenvalue weighted by molar-refractivity contribution is 7.83. The molecular weight excluding hydrogens is 799 g/mol. The molecule has 6 aromatic carbocycles. The van der Waals surface area contributed by atoms with Crippen molar-refractivity contribution in [3.63, 3.8) is 0 Å². The smallest absolute Gasteiger partial charge is 0.266 e. The van der Waals surface area contributed by atoms with E-state index in [4.69, 9.17) is 4.74 Å². The summed E-state index contributed by atoms with van der Waals surface area (Å²) in [4.78, 5) is 67.2. The zero-order valence-electron chi connectivity index (χ0n) is 34.5. The number of carbonyl (C=O) groups excluding carboxylic acids is 5. The Morgan fingerprint density at radius 3 is 2.03 bits per heavy atom. The molecule has 0 saturated heterocycles. The summed E-state index contributed by atoms with van der Waals surface area (Å²) in [5.74, 6) is 5.11. The second kappa shape index (κ2) is 13.5. The molecule has 3 heterocycles. The van der Waals surface area contributed by atoms with Gasteiger partial charge in [-0.1, -0.05) is 66.6 Å². The van der Waals surface area contributed by atoms with Crippen molar-refractivity contribution in [2.45, 2.75) is 57.3 Å². The topological polar surface area (TPSA) is 139 Å². The molecule has 0 aromatic heterocycles. The molecule has 1 spiro atoms. The average Bonchev–Trinajstić information content (AvgIpc) is 3.80. The van der Waals surface area contributed by atoms with Gasteiger partial charge in [0.2, 0.25) is 5.91 Å². The molecule has 10 nitrogen and oxygen atoms in total. The van der Waals surface area contributed by atoms with Crippen molar-refractivity contribution in [2.75, 3.05) is 4.90 Å². The molecule has 4 aliphatic rings. The number of nitrogens with one attached hydrogen (secondary N) is 2. The minimum absolute atomic E-state index is 0.200. The highest BCUT2D eigenvalue weighted by Crippen LogP contribution is 2.64. The zero-order chi connectivity index (χ0) is 43.6. The molecule has 0 fully saturated rings. The Morgan fingerprint density at radius 1 is 0.694 bits per heavy atom. The number of hydrogen-bond acceptors (Lipinski definition) is 7. The lowest BCUT2D eigenvalue weighted by molar-refractivity contribution is -0.117. The van der Waals surface area contributed by atoms with E-state index >= 15 is 0 Å². The predicted octanol–water partition coefficient (Wildman–Crippen LogP) is 8.58. The Hall–Kier alpha value is -7.42. The van der Waals surface area contributed by atoms with Gasteiger partial charge in [0.25, 0.3) is 23.6 Å². The Labute approximate surface area is 359 Å². The maximum atomic E-state index is 14.5. The number of hydrogen-bond donors (Lipinski definition) is 2. The summed E-state index contributed by atoms with van der Waals surface area (Å²) in [5.41, 5.74) is 8.68. The van der Waals surface area contributed by atoms with E-state index in [-0.39, 0.29) is 22.3 Å². The van der Waals surface area contributed by atoms with E-state index in [1.165, 1.54) is 11.8 Å². The van der Waals surface area contributed by atoms with Gasteiger partial charge in [-0.2, -0.15) is 0 Å². The van der Waals surface area contributed by atoms with Crippen LogP contribution in [0, 0.1) is 25.7 Å². The van der Waals surface area contributed by atoms with Gasteiger partial charge in [0, 0.05) is 23.6 Å². The Kier molecular flexibility index (Phi) is 8.47. The molecule has 6 aromatic rings. The largest absolute Gasteiger partial charge is 0.456 e. The second-order valence-corrected chi connectivity index (χ2v) is 17.7. The maximum absolute atomic E-state index is 14.5. The van der Waals surface area contributed by atoms with Crippen molar-refractivity contribution in [2.24, 2.45) is 0 Å². The quantitative estimate of drug-likeness (QED) is 0.131. The normalized spacial score (nSPS) is 16.9. The second-order valence-electron chi connectivity index (χ2n) is 16.5. The summed E-state index contributed by atoms with van der Waals surface area (Å²) in [7, 11) is -1.84. The van der Waals surface area contributed by atoms with E-state index < -0.39 is 51.4 Å². The maximum Gasteiger partial charge on any atom is 0.266 e. The molecular formula is C51H37N3O7S. The van der Waals surface area contributed by atoms with Crippen LogP contribution in [0.2, 0.25) is 0 Å². The van der Waals surface area contributed by atoms with Crippen LogP contribution in [0.4, 0.5) is 5.69 Å². The lowest BCUT2D eigenvalue weighted by atomic mass is 9.64. The molecule has 1 aliphatic carbocycles. The number of amides is 5. The van der Waals surface area contributed by atoms with Crippen molar-refractivity contribution in [3.05, 3.63) is 164 Å². The molecule has 0 bridgehead atoms. The third-order valence-corrected chi connectivity index (χ3v) is 13.7. The van der Waals surface area contributed by atoms with Gasteiger partial charge in [0.1, 0.15) is 11.5 Å². The number of rotatable bonds is 5. The summed E-state index contributed by atoms with van der Waals surface area (Å²) < 4.78 is 23.2. The fourth-order valence-corrected chi connectivity index (χ4v) is 10.7. The first-order chi connectivity index (χ1) is 29.7. The van der Waals surface area contributed by atoms with Gasteiger partial charge in [0.05, 0.1) is 43.7 Å². The molecule has 62 heavy (non-hydrogen) atoms. The molecule has 304 valence electrons. The van der Waals surface area contributed by atoms with Crippen molar-refractivity contribution >= 4 is 46.2 Å². The van der Waals surface area contributed by atoms with Crippen LogP contribution in [0.5, 0.6) is 11.5 Å². The SMILES string of the molecule is CC#CC(C)(C)c1ccc2c(c1C)Oc1c(ccc(N3C(=O)c4ccc(-c5ccc6c(c5)C(=O)NC6=O)cc4C3=O)c1C)C21c2ccccc2-c2ccc(S(=O)NC(C)=O)cc21. The van der Waals surface area contributed by atoms with Gasteiger partial charge in [0.15, 0.2) is 11.0 Å². The first kappa shape index (κ1) is 38.8. The van der Waals surface area contributed by atoms with E-state index in [0.717, 1.165) is 44.5 Å². The van der Waals surface area contributed by atoms with Gasteiger partial charge in [-0.05, 0) is 122 Å². The monoisotopic (exact) mass is 835 g/mol. The Bertz CT molecular complexity index is 3230. The third kappa shape index (κ3) is 5.29. The summed E-state index contributed by atoms with van der Waals surface area (Å²) in [6, 6.07) is 31.5. The van der Waals surface area contributed by atoms with E-state index in [9.17, 15) is 28.2 Å². The van der Waals surface area contributed by atoms with Gasteiger partial charge in [-0.25, -0.2) is 9.11 Å². The average molecular weight is 836 g/mol.